The average molecular weight is 296 g/mol. The van der Waals surface area contributed by atoms with Crippen LogP contribution in [0.4, 0.5) is 0 Å². The summed E-state index contributed by atoms with van der Waals surface area (Å²) in [5.74, 6) is 0. The van der Waals surface area contributed by atoms with Gasteiger partial charge in [0, 0.05) is 6.54 Å². The van der Waals surface area contributed by atoms with E-state index in [0.29, 0.717) is 6.54 Å². The fraction of sp³-hybridized carbons (Fsp3) is 0.500. The topological polar surface area (TPSA) is 137 Å². The first-order chi connectivity index (χ1) is 10.0. The monoisotopic (exact) mass is 296 g/mol. The molecule has 0 heterocycles. The Morgan fingerprint density at radius 3 is 2.14 bits per heavy atom. The van der Waals surface area contributed by atoms with Crippen LogP contribution in [0.2, 0.25) is 0 Å². The van der Waals surface area contributed by atoms with Crippen LogP contribution < -0.4 is 5.32 Å². The van der Waals surface area contributed by atoms with E-state index in [1.54, 1.807) is 6.07 Å². The van der Waals surface area contributed by atoms with Crippen LogP contribution in [0.1, 0.15) is 5.56 Å². The maximum absolute atomic E-state index is 9.88. The minimum absolute atomic E-state index is 0.293. The molecular formula is C14H20N2O5. The van der Waals surface area contributed by atoms with Crippen molar-refractivity contribution in [3.05, 3.63) is 35.9 Å². The molecule has 116 valence electrons. The molecule has 21 heavy (non-hydrogen) atoms. The van der Waals surface area contributed by atoms with Gasteiger partial charge in [-0.25, -0.2) is 0 Å². The van der Waals surface area contributed by atoms with Gasteiger partial charge in [-0.05, 0) is 5.56 Å². The first kappa shape index (κ1) is 17.5. The summed E-state index contributed by atoms with van der Waals surface area (Å²) in [6.45, 7) is -0.471. The zero-order valence-electron chi connectivity index (χ0n) is 11.4. The molecule has 0 fully saturated rings. The Morgan fingerprint density at radius 1 is 1.00 bits per heavy atom. The van der Waals surface area contributed by atoms with Crippen molar-refractivity contribution in [2.45, 2.75) is 37.0 Å². The van der Waals surface area contributed by atoms with Gasteiger partial charge in [-0.2, -0.15) is 5.26 Å². The van der Waals surface area contributed by atoms with Crippen molar-refractivity contribution in [1.29, 1.82) is 5.26 Å². The number of aliphatic hydroxyl groups is 5. The lowest BCUT2D eigenvalue weighted by Crippen LogP contribution is -2.53. The zero-order valence-corrected chi connectivity index (χ0v) is 11.4. The van der Waals surface area contributed by atoms with Crippen molar-refractivity contribution in [2.24, 2.45) is 0 Å². The number of nitrogens with one attached hydrogen (secondary N) is 1. The predicted octanol–water partition coefficient (Wildman–Crippen LogP) is -1.90. The van der Waals surface area contributed by atoms with E-state index in [-0.39, 0.29) is 0 Å². The highest BCUT2D eigenvalue weighted by atomic mass is 16.4. The van der Waals surface area contributed by atoms with Gasteiger partial charge in [0.25, 0.3) is 0 Å². The lowest BCUT2D eigenvalue weighted by Gasteiger charge is -2.28. The molecule has 1 rings (SSSR count). The zero-order chi connectivity index (χ0) is 15.8. The summed E-state index contributed by atoms with van der Waals surface area (Å²) in [5.41, 5.74) is 0.885. The Labute approximate surface area is 122 Å². The first-order valence-electron chi connectivity index (χ1n) is 6.51. The molecule has 0 spiro atoms. The van der Waals surface area contributed by atoms with Crippen LogP contribution in [0.3, 0.4) is 0 Å². The van der Waals surface area contributed by atoms with E-state index in [1.807, 2.05) is 30.3 Å². The van der Waals surface area contributed by atoms with E-state index in [9.17, 15) is 20.4 Å². The minimum Gasteiger partial charge on any atom is -0.394 e. The minimum atomic E-state index is -1.76. The Kier molecular flexibility index (Phi) is 7.25. The SMILES string of the molecule is N#C[C@@H](NCc1ccccc1)[C@@H](O)[C@@H](O)[C@H](O)[C@H](O)CO. The first-order valence-corrected chi connectivity index (χ1v) is 6.51. The number of aliphatic hydroxyl groups excluding tert-OH is 5. The van der Waals surface area contributed by atoms with E-state index >= 15 is 0 Å². The molecule has 0 saturated heterocycles. The smallest absolute Gasteiger partial charge is 0.124 e. The molecule has 0 aromatic heterocycles. The summed E-state index contributed by atoms with van der Waals surface area (Å²) in [7, 11) is 0. The van der Waals surface area contributed by atoms with Gasteiger partial charge >= 0.3 is 0 Å². The molecule has 1 aromatic carbocycles. The molecule has 0 radical (unpaired) electrons. The standard InChI is InChI=1S/C14H20N2O5/c15-6-10(16-7-9-4-2-1-3-5-9)12(19)14(21)13(20)11(18)8-17/h1-5,10-14,16-21H,7-8H2/t10-,11-,12-,13-,14-/m1/s1. The third-order valence-corrected chi connectivity index (χ3v) is 3.13. The summed E-state index contributed by atoms with van der Waals surface area (Å²) >= 11 is 0. The van der Waals surface area contributed by atoms with Crippen LogP contribution >= 0.6 is 0 Å². The quantitative estimate of drug-likeness (QED) is 0.330. The van der Waals surface area contributed by atoms with E-state index in [1.165, 1.54) is 0 Å². The van der Waals surface area contributed by atoms with Crippen molar-refractivity contribution in [1.82, 2.24) is 5.32 Å². The molecule has 1 aromatic rings. The van der Waals surface area contributed by atoms with Crippen molar-refractivity contribution in [3.63, 3.8) is 0 Å². The van der Waals surface area contributed by atoms with Gasteiger partial charge in [-0.3, -0.25) is 5.32 Å². The summed E-state index contributed by atoms with van der Waals surface area (Å²) < 4.78 is 0. The molecule has 0 aliphatic carbocycles. The second kappa shape index (κ2) is 8.69. The fourth-order valence-electron chi connectivity index (χ4n) is 1.80. The van der Waals surface area contributed by atoms with E-state index < -0.39 is 37.1 Å². The molecule has 0 saturated carbocycles. The number of hydrogen-bond donors (Lipinski definition) is 6. The summed E-state index contributed by atoms with van der Waals surface area (Å²) in [5, 5.41) is 58.8. The van der Waals surface area contributed by atoms with Crippen molar-refractivity contribution in [2.75, 3.05) is 6.61 Å². The maximum atomic E-state index is 9.88. The summed E-state index contributed by atoms with van der Waals surface area (Å²) in [4.78, 5) is 0. The van der Waals surface area contributed by atoms with Gasteiger partial charge in [0.2, 0.25) is 0 Å². The predicted molar refractivity (Wildman–Crippen MR) is 73.8 cm³/mol. The number of nitriles is 1. The van der Waals surface area contributed by atoms with Gasteiger partial charge in [0.05, 0.1) is 12.7 Å². The molecule has 5 atom stereocenters. The summed E-state index contributed by atoms with van der Waals surface area (Å²) in [6, 6.07) is 9.80. The normalized spacial score (nSPS) is 18.3. The highest BCUT2D eigenvalue weighted by Crippen LogP contribution is 2.09. The number of nitrogens with zero attached hydrogens (tertiary/aromatic N) is 1. The molecule has 6 N–H and O–H groups in total. The molecule has 0 bridgehead atoms. The Balaban J connectivity index is 2.60. The molecule has 0 unspecified atom stereocenters. The Bertz CT molecular complexity index is 450. The lowest BCUT2D eigenvalue weighted by atomic mass is 9.98. The molecule has 7 heteroatoms. The molecule has 0 aliphatic heterocycles. The lowest BCUT2D eigenvalue weighted by molar-refractivity contribution is -0.118. The van der Waals surface area contributed by atoms with Crippen molar-refractivity contribution >= 4 is 0 Å². The number of benzene rings is 1. The third kappa shape index (κ3) is 5.06. The van der Waals surface area contributed by atoms with Gasteiger partial charge < -0.3 is 25.5 Å². The van der Waals surface area contributed by atoms with Crippen LogP contribution in [-0.2, 0) is 6.54 Å². The maximum Gasteiger partial charge on any atom is 0.124 e. The van der Waals surface area contributed by atoms with Crippen LogP contribution in [0.5, 0.6) is 0 Å². The Morgan fingerprint density at radius 2 is 1.62 bits per heavy atom. The van der Waals surface area contributed by atoms with Gasteiger partial charge in [0.1, 0.15) is 30.5 Å². The highest BCUT2D eigenvalue weighted by Gasteiger charge is 2.34. The molecule has 0 aliphatic rings. The van der Waals surface area contributed by atoms with Gasteiger partial charge in [0.15, 0.2) is 0 Å². The van der Waals surface area contributed by atoms with Crippen LogP contribution in [0.25, 0.3) is 0 Å². The third-order valence-electron chi connectivity index (χ3n) is 3.13. The van der Waals surface area contributed by atoms with E-state index in [0.717, 1.165) is 5.56 Å². The fourth-order valence-corrected chi connectivity index (χ4v) is 1.80. The highest BCUT2D eigenvalue weighted by molar-refractivity contribution is 5.15. The molecule has 7 nitrogen and oxygen atoms in total. The molecular weight excluding hydrogens is 276 g/mol. The number of rotatable bonds is 8. The second-order valence-electron chi connectivity index (χ2n) is 4.69. The van der Waals surface area contributed by atoms with Crippen LogP contribution in [0, 0.1) is 11.3 Å². The molecule has 0 amide bonds. The van der Waals surface area contributed by atoms with Crippen molar-refractivity contribution < 1.29 is 25.5 Å². The van der Waals surface area contributed by atoms with Gasteiger partial charge in [-0.15, -0.1) is 0 Å². The van der Waals surface area contributed by atoms with E-state index in [4.69, 9.17) is 10.4 Å². The van der Waals surface area contributed by atoms with Crippen molar-refractivity contribution in [3.8, 4) is 6.07 Å². The van der Waals surface area contributed by atoms with Gasteiger partial charge in [-0.1, -0.05) is 30.3 Å². The number of hydrogen-bond acceptors (Lipinski definition) is 7. The Hall–Kier alpha value is -1.53. The summed E-state index contributed by atoms with van der Waals surface area (Å²) in [6.07, 6.45) is -6.72. The van der Waals surface area contributed by atoms with Crippen LogP contribution in [-0.4, -0.2) is 62.6 Å². The largest absolute Gasteiger partial charge is 0.394 e. The van der Waals surface area contributed by atoms with E-state index in [2.05, 4.69) is 5.32 Å². The second-order valence-corrected chi connectivity index (χ2v) is 4.69. The average Bonchev–Trinajstić information content (AvgIpc) is 2.53. The van der Waals surface area contributed by atoms with Crippen LogP contribution in [0.15, 0.2) is 30.3 Å².